The number of halogens is 2. The molecule has 6 heteroatoms. The average Bonchev–Trinajstić information content (AvgIpc) is 2.98. The van der Waals surface area contributed by atoms with Crippen molar-refractivity contribution >= 4 is 39.2 Å². The van der Waals surface area contributed by atoms with E-state index in [-0.39, 0.29) is 11.7 Å². The fraction of sp³-hybridized carbons (Fsp3) is 0.278. The van der Waals surface area contributed by atoms with E-state index in [1.807, 2.05) is 4.90 Å². The van der Waals surface area contributed by atoms with Crippen LogP contribution < -0.4 is 0 Å². The number of nitrogens with zero attached hydrogens (tertiary/aromatic N) is 2. The van der Waals surface area contributed by atoms with E-state index in [2.05, 4.69) is 33.0 Å². The first-order valence-electron chi connectivity index (χ1n) is 7.79. The Balaban J connectivity index is 1.49. The lowest BCUT2D eigenvalue weighted by molar-refractivity contribution is -0.127. The normalized spacial score (nSPS) is 16.0. The van der Waals surface area contributed by atoms with E-state index in [4.69, 9.17) is 0 Å². The smallest absolute Gasteiger partial charge is 0.246 e. The lowest BCUT2D eigenvalue weighted by Crippen LogP contribution is -2.47. The van der Waals surface area contributed by atoms with E-state index < -0.39 is 0 Å². The number of carbonyl (C=O) groups is 1. The van der Waals surface area contributed by atoms with Crippen LogP contribution in [0.4, 0.5) is 4.39 Å². The van der Waals surface area contributed by atoms with E-state index in [1.165, 1.54) is 23.1 Å². The molecule has 0 radical (unpaired) electrons. The van der Waals surface area contributed by atoms with Crippen LogP contribution >= 0.6 is 27.3 Å². The molecule has 3 rings (SSSR count). The molecule has 0 unspecified atom stereocenters. The Labute approximate surface area is 153 Å². The second-order valence-corrected chi connectivity index (χ2v) is 8.24. The fourth-order valence-corrected chi connectivity index (χ4v) is 4.19. The number of benzene rings is 1. The van der Waals surface area contributed by atoms with Gasteiger partial charge in [0.1, 0.15) is 5.82 Å². The quantitative estimate of drug-likeness (QED) is 0.713. The monoisotopic (exact) mass is 408 g/mol. The maximum absolute atomic E-state index is 13.1. The molecule has 24 heavy (non-hydrogen) atoms. The summed E-state index contributed by atoms with van der Waals surface area (Å²) in [4.78, 5) is 17.8. The molecular formula is C18H18BrFN2OS. The standard InChI is InChI=1S/C18H18BrFN2OS/c19-17-6-5-16(24-17)13-21-8-10-22(11-9-21)18(23)7-4-14-2-1-3-15(20)12-14/h1-7,12H,8-11,13H2/b7-4+. The third kappa shape index (κ3) is 4.75. The van der Waals surface area contributed by atoms with Crippen LogP contribution in [0.3, 0.4) is 0 Å². The number of thiophene rings is 1. The first kappa shape index (κ1) is 17.3. The van der Waals surface area contributed by atoms with E-state index in [0.29, 0.717) is 5.56 Å². The van der Waals surface area contributed by atoms with Gasteiger partial charge in [0.15, 0.2) is 0 Å². The summed E-state index contributed by atoms with van der Waals surface area (Å²) in [5.74, 6) is -0.309. The van der Waals surface area contributed by atoms with Gasteiger partial charge in [0.25, 0.3) is 0 Å². The van der Waals surface area contributed by atoms with Gasteiger partial charge in [-0.1, -0.05) is 12.1 Å². The first-order chi connectivity index (χ1) is 11.6. The highest BCUT2D eigenvalue weighted by atomic mass is 79.9. The molecule has 0 spiro atoms. The van der Waals surface area contributed by atoms with Crippen molar-refractivity contribution < 1.29 is 9.18 Å². The molecular weight excluding hydrogens is 391 g/mol. The maximum atomic E-state index is 13.1. The minimum atomic E-state index is -0.293. The van der Waals surface area contributed by atoms with E-state index in [9.17, 15) is 9.18 Å². The zero-order chi connectivity index (χ0) is 16.9. The highest BCUT2D eigenvalue weighted by Crippen LogP contribution is 2.23. The van der Waals surface area contributed by atoms with Gasteiger partial charge in [0.05, 0.1) is 3.79 Å². The van der Waals surface area contributed by atoms with Gasteiger partial charge in [-0.15, -0.1) is 11.3 Å². The predicted octanol–water partition coefficient (Wildman–Crippen LogP) is 4.01. The molecule has 1 aromatic heterocycles. The van der Waals surface area contributed by atoms with Gasteiger partial charge in [-0.3, -0.25) is 9.69 Å². The van der Waals surface area contributed by atoms with Crippen LogP contribution in [0.1, 0.15) is 10.4 Å². The molecule has 1 amide bonds. The van der Waals surface area contributed by atoms with Crippen LogP contribution in [0.25, 0.3) is 6.08 Å². The summed E-state index contributed by atoms with van der Waals surface area (Å²) in [6, 6.07) is 10.4. The molecule has 1 aromatic carbocycles. The highest BCUT2D eigenvalue weighted by molar-refractivity contribution is 9.11. The topological polar surface area (TPSA) is 23.6 Å². The molecule has 1 aliphatic rings. The fourth-order valence-electron chi connectivity index (χ4n) is 2.67. The van der Waals surface area contributed by atoms with Gasteiger partial charge in [-0.2, -0.15) is 0 Å². The third-order valence-corrected chi connectivity index (χ3v) is 5.57. The second-order valence-electron chi connectivity index (χ2n) is 5.70. The van der Waals surface area contributed by atoms with Crippen molar-refractivity contribution in [3.05, 3.63) is 62.5 Å². The average molecular weight is 409 g/mol. The lowest BCUT2D eigenvalue weighted by Gasteiger charge is -2.33. The maximum Gasteiger partial charge on any atom is 0.246 e. The van der Waals surface area contributed by atoms with Gasteiger partial charge in [-0.25, -0.2) is 4.39 Å². The Hall–Kier alpha value is -1.50. The molecule has 1 saturated heterocycles. The number of carbonyl (C=O) groups excluding carboxylic acids is 1. The second kappa shape index (κ2) is 8.05. The summed E-state index contributed by atoms with van der Waals surface area (Å²) in [6.07, 6.45) is 3.20. The molecule has 0 aliphatic carbocycles. The van der Waals surface area contributed by atoms with Gasteiger partial charge in [0.2, 0.25) is 5.91 Å². The first-order valence-corrected chi connectivity index (χ1v) is 9.40. The Kier molecular flexibility index (Phi) is 5.81. The highest BCUT2D eigenvalue weighted by Gasteiger charge is 2.19. The van der Waals surface area contributed by atoms with Gasteiger partial charge >= 0.3 is 0 Å². The largest absolute Gasteiger partial charge is 0.337 e. The van der Waals surface area contributed by atoms with Crippen LogP contribution in [-0.4, -0.2) is 41.9 Å². The van der Waals surface area contributed by atoms with E-state index in [0.717, 1.165) is 36.5 Å². The minimum absolute atomic E-state index is 0.0159. The number of amides is 1. The molecule has 3 nitrogen and oxygen atoms in total. The van der Waals surface area contributed by atoms with E-state index >= 15 is 0 Å². The number of hydrogen-bond donors (Lipinski definition) is 0. The molecule has 0 saturated carbocycles. The predicted molar refractivity (Wildman–Crippen MR) is 99.3 cm³/mol. The molecule has 2 heterocycles. The van der Waals surface area contributed by atoms with Crippen molar-refractivity contribution in [2.75, 3.05) is 26.2 Å². The summed E-state index contributed by atoms with van der Waals surface area (Å²) >= 11 is 5.23. The zero-order valence-corrected chi connectivity index (χ0v) is 15.5. The summed E-state index contributed by atoms with van der Waals surface area (Å²) in [7, 11) is 0. The van der Waals surface area contributed by atoms with Crippen molar-refractivity contribution in [3.8, 4) is 0 Å². The van der Waals surface area contributed by atoms with Crippen molar-refractivity contribution in [3.63, 3.8) is 0 Å². The Morgan fingerprint density at radius 3 is 2.67 bits per heavy atom. The van der Waals surface area contributed by atoms with Crippen LogP contribution in [0.2, 0.25) is 0 Å². The molecule has 0 N–H and O–H groups in total. The number of piperazine rings is 1. The molecule has 1 fully saturated rings. The van der Waals surface area contributed by atoms with E-state index in [1.54, 1.807) is 29.5 Å². The summed E-state index contributed by atoms with van der Waals surface area (Å²) in [5.41, 5.74) is 0.699. The van der Waals surface area contributed by atoms with Crippen LogP contribution in [0.15, 0.2) is 46.3 Å². The van der Waals surface area contributed by atoms with Crippen molar-refractivity contribution in [1.29, 1.82) is 0 Å². The van der Waals surface area contributed by atoms with Gasteiger partial charge < -0.3 is 4.90 Å². The number of rotatable bonds is 4. The Morgan fingerprint density at radius 1 is 1.21 bits per heavy atom. The third-order valence-electron chi connectivity index (χ3n) is 3.96. The lowest BCUT2D eigenvalue weighted by atomic mass is 10.2. The van der Waals surface area contributed by atoms with Gasteiger partial charge in [0, 0.05) is 43.7 Å². The molecule has 1 aliphatic heterocycles. The Bertz CT molecular complexity index is 738. The van der Waals surface area contributed by atoms with Gasteiger partial charge in [-0.05, 0) is 51.8 Å². The summed E-state index contributed by atoms with van der Waals surface area (Å²) < 4.78 is 14.3. The molecule has 126 valence electrons. The Morgan fingerprint density at radius 2 is 2.00 bits per heavy atom. The summed E-state index contributed by atoms with van der Waals surface area (Å²) in [5, 5.41) is 0. The molecule has 2 aromatic rings. The van der Waals surface area contributed by atoms with Crippen LogP contribution in [-0.2, 0) is 11.3 Å². The zero-order valence-electron chi connectivity index (χ0n) is 13.1. The van der Waals surface area contributed by atoms with Crippen molar-refractivity contribution in [2.24, 2.45) is 0 Å². The van der Waals surface area contributed by atoms with Crippen molar-refractivity contribution in [1.82, 2.24) is 9.80 Å². The minimum Gasteiger partial charge on any atom is -0.337 e. The van der Waals surface area contributed by atoms with Crippen molar-refractivity contribution in [2.45, 2.75) is 6.54 Å². The number of hydrogen-bond acceptors (Lipinski definition) is 3. The molecule has 0 bridgehead atoms. The van der Waals surface area contributed by atoms with Crippen LogP contribution in [0.5, 0.6) is 0 Å². The summed E-state index contributed by atoms with van der Waals surface area (Å²) in [6.45, 7) is 4.11. The SMILES string of the molecule is O=C(/C=C/c1cccc(F)c1)N1CCN(Cc2ccc(Br)s2)CC1. The molecule has 0 atom stereocenters. The van der Waals surface area contributed by atoms with Crippen LogP contribution in [0, 0.1) is 5.82 Å².